The van der Waals surface area contributed by atoms with Crippen molar-refractivity contribution in [2.24, 2.45) is 5.92 Å². The fraction of sp³-hybridized carbons (Fsp3) is 0.571. The van der Waals surface area contributed by atoms with Crippen LogP contribution in [-0.4, -0.2) is 40.3 Å². The highest BCUT2D eigenvalue weighted by molar-refractivity contribution is 7.89. The van der Waals surface area contributed by atoms with Crippen LogP contribution in [0, 0.1) is 5.92 Å². The molecule has 0 aromatic heterocycles. The van der Waals surface area contributed by atoms with Crippen molar-refractivity contribution in [3.8, 4) is 0 Å². The van der Waals surface area contributed by atoms with E-state index in [1.54, 1.807) is 12.1 Å². The van der Waals surface area contributed by atoms with Crippen LogP contribution in [0.2, 0.25) is 0 Å². The number of aliphatic hydroxyl groups is 1. The second-order valence-electron chi connectivity index (χ2n) is 5.14. The Morgan fingerprint density at radius 2 is 2.15 bits per heavy atom. The van der Waals surface area contributed by atoms with Crippen LogP contribution in [0.1, 0.15) is 19.3 Å². The summed E-state index contributed by atoms with van der Waals surface area (Å²) in [6, 6.07) is 7.09. The van der Waals surface area contributed by atoms with Crippen molar-refractivity contribution in [3.63, 3.8) is 0 Å². The van der Waals surface area contributed by atoms with E-state index in [0.717, 1.165) is 38.0 Å². The number of piperidine rings is 1. The fourth-order valence-corrected chi connectivity index (χ4v) is 3.71. The number of aliphatic hydroxyl groups excluding tert-OH is 1. The van der Waals surface area contributed by atoms with E-state index in [9.17, 15) is 8.42 Å². The summed E-state index contributed by atoms with van der Waals surface area (Å²) < 4.78 is 26.6. The van der Waals surface area contributed by atoms with Gasteiger partial charge >= 0.3 is 0 Å². The Kier molecular flexibility index (Phi) is 5.01. The summed E-state index contributed by atoms with van der Waals surface area (Å²) in [5, 5.41) is 9.07. The fourth-order valence-electron chi connectivity index (χ4n) is 2.76. The number of hydrogen-bond donors (Lipinski definition) is 2. The summed E-state index contributed by atoms with van der Waals surface area (Å²) in [6.07, 6.45) is 2.90. The molecular formula is C14H22N2O3S. The van der Waals surface area contributed by atoms with Gasteiger partial charge < -0.3 is 10.0 Å². The molecule has 20 heavy (non-hydrogen) atoms. The average molecular weight is 298 g/mol. The molecule has 2 N–H and O–H groups in total. The normalized spacial score (nSPS) is 20.1. The number of nitrogens with one attached hydrogen (secondary N) is 1. The Morgan fingerprint density at radius 3 is 2.85 bits per heavy atom. The van der Waals surface area contributed by atoms with Crippen LogP contribution < -0.4 is 9.62 Å². The van der Waals surface area contributed by atoms with E-state index in [-0.39, 0.29) is 6.61 Å². The first kappa shape index (κ1) is 15.3. The Morgan fingerprint density at radius 1 is 1.40 bits per heavy atom. The van der Waals surface area contributed by atoms with Crippen molar-refractivity contribution < 1.29 is 13.5 Å². The molecule has 112 valence electrons. The molecule has 0 radical (unpaired) electrons. The van der Waals surface area contributed by atoms with Crippen molar-refractivity contribution in [1.82, 2.24) is 4.72 Å². The zero-order valence-corrected chi connectivity index (χ0v) is 12.6. The van der Waals surface area contributed by atoms with Gasteiger partial charge in [-0.05, 0) is 44.4 Å². The summed E-state index contributed by atoms with van der Waals surface area (Å²) in [7, 11) is -2.02. The number of hydrogen-bond acceptors (Lipinski definition) is 4. The van der Waals surface area contributed by atoms with E-state index in [4.69, 9.17) is 5.11 Å². The van der Waals surface area contributed by atoms with E-state index in [1.165, 1.54) is 7.05 Å². The van der Waals surface area contributed by atoms with Crippen molar-refractivity contribution in [1.29, 1.82) is 0 Å². The molecule has 0 bridgehead atoms. The maximum atomic E-state index is 12.1. The molecule has 5 nitrogen and oxygen atoms in total. The number of nitrogens with zero attached hydrogens (tertiary/aromatic N) is 1. The smallest absolute Gasteiger partial charge is 0.242 e. The summed E-state index contributed by atoms with van der Waals surface area (Å²) in [5.74, 6) is 0.430. The van der Waals surface area contributed by atoms with Gasteiger partial charge in [-0.3, -0.25) is 0 Å². The van der Waals surface area contributed by atoms with Gasteiger partial charge in [-0.2, -0.15) is 0 Å². The lowest BCUT2D eigenvalue weighted by Gasteiger charge is -2.35. The number of para-hydroxylation sites is 1. The maximum Gasteiger partial charge on any atom is 0.242 e. The van der Waals surface area contributed by atoms with Gasteiger partial charge in [-0.1, -0.05) is 12.1 Å². The number of benzene rings is 1. The molecule has 1 saturated heterocycles. The molecule has 1 fully saturated rings. The third-order valence-corrected chi connectivity index (χ3v) is 5.28. The molecule has 1 aliphatic rings. The van der Waals surface area contributed by atoms with Gasteiger partial charge in [0.2, 0.25) is 10.0 Å². The number of anilines is 1. The SMILES string of the molecule is CNS(=O)(=O)c1ccccc1N1CCCC(CCO)C1. The van der Waals surface area contributed by atoms with Crippen molar-refractivity contribution in [2.45, 2.75) is 24.2 Å². The predicted octanol–water partition coefficient (Wildman–Crippen LogP) is 1.19. The molecule has 1 aromatic carbocycles. The van der Waals surface area contributed by atoms with Crippen LogP contribution in [0.15, 0.2) is 29.2 Å². The molecule has 6 heteroatoms. The Balaban J connectivity index is 2.29. The van der Waals surface area contributed by atoms with E-state index in [1.807, 2.05) is 12.1 Å². The summed E-state index contributed by atoms with van der Waals surface area (Å²) in [5.41, 5.74) is 0.754. The molecular weight excluding hydrogens is 276 g/mol. The van der Waals surface area contributed by atoms with Gasteiger partial charge in [-0.15, -0.1) is 0 Å². The minimum absolute atomic E-state index is 0.189. The third-order valence-electron chi connectivity index (χ3n) is 3.82. The molecule has 1 aromatic rings. The highest BCUT2D eigenvalue weighted by atomic mass is 32.2. The van der Waals surface area contributed by atoms with Gasteiger partial charge in [0.15, 0.2) is 0 Å². The Bertz CT molecular complexity index is 543. The van der Waals surface area contributed by atoms with Crippen LogP contribution in [0.4, 0.5) is 5.69 Å². The lowest BCUT2D eigenvalue weighted by atomic mass is 9.95. The quantitative estimate of drug-likeness (QED) is 0.857. The first-order valence-corrected chi connectivity index (χ1v) is 8.45. The molecule has 1 unspecified atom stereocenters. The van der Waals surface area contributed by atoms with Crippen molar-refractivity contribution in [2.75, 3.05) is 31.6 Å². The van der Waals surface area contributed by atoms with Gasteiger partial charge in [-0.25, -0.2) is 13.1 Å². The van der Waals surface area contributed by atoms with Crippen LogP contribution in [-0.2, 0) is 10.0 Å². The molecule has 0 saturated carbocycles. The van der Waals surface area contributed by atoms with E-state index < -0.39 is 10.0 Å². The lowest BCUT2D eigenvalue weighted by Crippen LogP contribution is -2.37. The summed E-state index contributed by atoms with van der Waals surface area (Å²) in [6.45, 7) is 1.85. The summed E-state index contributed by atoms with van der Waals surface area (Å²) >= 11 is 0. The minimum atomic E-state index is -3.45. The van der Waals surface area contributed by atoms with E-state index in [0.29, 0.717) is 10.8 Å². The van der Waals surface area contributed by atoms with Crippen LogP contribution >= 0.6 is 0 Å². The minimum Gasteiger partial charge on any atom is -0.396 e. The van der Waals surface area contributed by atoms with E-state index in [2.05, 4.69) is 9.62 Å². The lowest BCUT2D eigenvalue weighted by molar-refractivity contribution is 0.244. The van der Waals surface area contributed by atoms with Gasteiger partial charge in [0.25, 0.3) is 0 Å². The highest BCUT2D eigenvalue weighted by Crippen LogP contribution is 2.29. The molecule has 0 amide bonds. The largest absolute Gasteiger partial charge is 0.396 e. The average Bonchev–Trinajstić information content (AvgIpc) is 2.48. The topological polar surface area (TPSA) is 69.6 Å². The second-order valence-corrected chi connectivity index (χ2v) is 7.00. The number of sulfonamides is 1. The Labute approximate surface area is 120 Å². The zero-order chi connectivity index (χ0) is 14.6. The molecule has 2 rings (SSSR count). The molecule has 1 aliphatic heterocycles. The van der Waals surface area contributed by atoms with Crippen LogP contribution in [0.3, 0.4) is 0 Å². The molecule has 0 spiro atoms. The summed E-state index contributed by atoms with van der Waals surface area (Å²) in [4.78, 5) is 2.45. The second kappa shape index (κ2) is 6.56. The van der Waals surface area contributed by atoms with Crippen molar-refractivity contribution >= 4 is 15.7 Å². The Hall–Kier alpha value is -1.11. The third kappa shape index (κ3) is 3.31. The first-order valence-electron chi connectivity index (χ1n) is 6.97. The molecule has 1 heterocycles. The standard InChI is InChI=1S/C14H22N2O3S/c1-15-20(18,19)14-7-3-2-6-13(14)16-9-4-5-12(11-16)8-10-17/h2-3,6-7,12,15,17H,4-5,8-11H2,1H3. The van der Waals surface area contributed by atoms with Gasteiger partial charge in [0.05, 0.1) is 5.69 Å². The molecule has 0 aliphatic carbocycles. The first-order chi connectivity index (χ1) is 9.58. The van der Waals surface area contributed by atoms with Crippen LogP contribution in [0.25, 0.3) is 0 Å². The van der Waals surface area contributed by atoms with Crippen molar-refractivity contribution in [3.05, 3.63) is 24.3 Å². The maximum absolute atomic E-state index is 12.1. The van der Waals surface area contributed by atoms with Gasteiger partial charge in [0.1, 0.15) is 4.90 Å². The molecule has 1 atom stereocenters. The van der Waals surface area contributed by atoms with Gasteiger partial charge in [0, 0.05) is 19.7 Å². The van der Waals surface area contributed by atoms with E-state index >= 15 is 0 Å². The monoisotopic (exact) mass is 298 g/mol. The zero-order valence-electron chi connectivity index (χ0n) is 11.7. The number of rotatable bonds is 5. The highest BCUT2D eigenvalue weighted by Gasteiger charge is 2.24. The predicted molar refractivity (Wildman–Crippen MR) is 79.3 cm³/mol. The van der Waals surface area contributed by atoms with Crippen LogP contribution in [0.5, 0.6) is 0 Å².